The zero-order valence-electron chi connectivity index (χ0n) is 12.7. The lowest BCUT2D eigenvalue weighted by Crippen LogP contribution is -2.34. The Morgan fingerprint density at radius 2 is 2.19 bits per heavy atom. The van der Waals surface area contributed by atoms with Gasteiger partial charge in [0.2, 0.25) is 0 Å². The summed E-state index contributed by atoms with van der Waals surface area (Å²) in [7, 11) is 0. The van der Waals surface area contributed by atoms with Gasteiger partial charge in [-0.1, -0.05) is 12.8 Å². The predicted octanol–water partition coefficient (Wildman–Crippen LogP) is 3.53. The molecule has 1 aromatic rings. The van der Waals surface area contributed by atoms with Gasteiger partial charge in [-0.15, -0.1) is 0 Å². The SMILES string of the molecule is CCOC(=O)c1cc(N)ccc1NC1CCCCC1SC. The molecule has 0 radical (unpaired) electrons. The van der Waals surface area contributed by atoms with Crippen molar-refractivity contribution in [3.8, 4) is 0 Å². The van der Waals surface area contributed by atoms with Gasteiger partial charge in [-0.3, -0.25) is 0 Å². The van der Waals surface area contributed by atoms with E-state index in [1.165, 1.54) is 19.3 Å². The van der Waals surface area contributed by atoms with Crippen molar-refractivity contribution in [1.82, 2.24) is 0 Å². The quantitative estimate of drug-likeness (QED) is 0.643. The smallest absolute Gasteiger partial charge is 0.340 e. The van der Waals surface area contributed by atoms with Crippen LogP contribution in [0.4, 0.5) is 11.4 Å². The van der Waals surface area contributed by atoms with Crippen molar-refractivity contribution in [2.24, 2.45) is 0 Å². The molecule has 2 rings (SSSR count). The molecule has 1 saturated carbocycles. The van der Waals surface area contributed by atoms with Crippen LogP contribution in [0.25, 0.3) is 0 Å². The van der Waals surface area contributed by atoms with E-state index in [0.29, 0.717) is 29.1 Å². The fourth-order valence-corrected chi connectivity index (χ4v) is 3.74. The third kappa shape index (κ3) is 4.06. The molecule has 0 amide bonds. The molecule has 0 heterocycles. The first-order valence-electron chi connectivity index (χ1n) is 7.51. The van der Waals surface area contributed by atoms with Gasteiger partial charge in [0.25, 0.3) is 0 Å². The van der Waals surface area contributed by atoms with E-state index in [1.807, 2.05) is 30.8 Å². The average molecular weight is 308 g/mol. The van der Waals surface area contributed by atoms with Gasteiger partial charge < -0.3 is 15.8 Å². The summed E-state index contributed by atoms with van der Waals surface area (Å²) >= 11 is 1.90. The molecule has 21 heavy (non-hydrogen) atoms. The molecule has 0 saturated heterocycles. The van der Waals surface area contributed by atoms with Gasteiger partial charge in [0, 0.05) is 22.7 Å². The van der Waals surface area contributed by atoms with Crippen molar-refractivity contribution in [3.05, 3.63) is 23.8 Å². The summed E-state index contributed by atoms with van der Waals surface area (Å²) in [4.78, 5) is 12.1. The van der Waals surface area contributed by atoms with E-state index in [9.17, 15) is 4.79 Å². The number of benzene rings is 1. The Hall–Kier alpha value is -1.36. The minimum absolute atomic E-state index is 0.316. The van der Waals surface area contributed by atoms with Gasteiger partial charge in [-0.25, -0.2) is 4.79 Å². The Morgan fingerprint density at radius 3 is 2.90 bits per heavy atom. The minimum atomic E-state index is -0.316. The van der Waals surface area contributed by atoms with Crippen molar-refractivity contribution < 1.29 is 9.53 Å². The molecule has 116 valence electrons. The van der Waals surface area contributed by atoms with Crippen molar-refractivity contribution in [3.63, 3.8) is 0 Å². The third-order valence-electron chi connectivity index (χ3n) is 3.89. The van der Waals surface area contributed by atoms with Crippen molar-refractivity contribution in [1.29, 1.82) is 0 Å². The summed E-state index contributed by atoms with van der Waals surface area (Å²) in [5, 5.41) is 4.13. The zero-order valence-corrected chi connectivity index (χ0v) is 13.5. The Labute approximate surface area is 130 Å². The van der Waals surface area contributed by atoms with Gasteiger partial charge in [-0.05, 0) is 44.2 Å². The average Bonchev–Trinajstić information content (AvgIpc) is 2.49. The highest BCUT2D eigenvalue weighted by molar-refractivity contribution is 7.99. The van der Waals surface area contributed by atoms with Gasteiger partial charge in [0.05, 0.1) is 12.2 Å². The highest BCUT2D eigenvalue weighted by Gasteiger charge is 2.25. The number of ether oxygens (including phenoxy) is 1. The van der Waals surface area contributed by atoms with E-state index < -0.39 is 0 Å². The number of esters is 1. The van der Waals surface area contributed by atoms with Crippen LogP contribution in [0.15, 0.2) is 18.2 Å². The highest BCUT2D eigenvalue weighted by Crippen LogP contribution is 2.31. The van der Waals surface area contributed by atoms with Crippen LogP contribution in [-0.2, 0) is 4.74 Å². The first kappa shape index (κ1) is 16.0. The molecule has 0 bridgehead atoms. The number of carbonyl (C=O) groups excluding carboxylic acids is 1. The lowest BCUT2D eigenvalue weighted by molar-refractivity contribution is 0.0527. The zero-order chi connectivity index (χ0) is 15.2. The second-order valence-electron chi connectivity index (χ2n) is 5.33. The van der Waals surface area contributed by atoms with Crippen molar-refractivity contribution in [2.75, 3.05) is 23.9 Å². The number of rotatable bonds is 5. The molecule has 5 heteroatoms. The maximum absolute atomic E-state index is 12.1. The lowest BCUT2D eigenvalue weighted by atomic mass is 9.94. The molecule has 2 unspecified atom stereocenters. The Balaban J connectivity index is 2.20. The first-order valence-corrected chi connectivity index (χ1v) is 8.80. The summed E-state index contributed by atoms with van der Waals surface area (Å²) in [5.74, 6) is -0.316. The minimum Gasteiger partial charge on any atom is -0.462 e. The van der Waals surface area contributed by atoms with E-state index in [4.69, 9.17) is 10.5 Å². The Kier molecular flexibility index (Phi) is 5.79. The van der Waals surface area contributed by atoms with Gasteiger partial charge in [-0.2, -0.15) is 11.8 Å². The fourth-order valence-electron chi connectivity index (χ4n) is 2.81. The lowest BCUT2D eigenvalue weighted by Gasteiger charge is -2.32. The third-order valence-corrected chi connectivity index (χ3v) is 5.05. The summed E-state index contributed by atoms with van der Waals surface area (Å²) in [6.07, 6.45) is 7.04. The normalized spacial score (nSPS) is 21.8. The molecule has 1 aliphatic rings. The Bertz CT molecular complexity index is 493. The molecule has 1 fully saturated rings. The fraction of sp³-hybridized carbons (Fsp3) is 0.562. The topological polar surface area (TPSA) is 64.3 Å². The number of anilines is 2. The van der Waals surface area contributed by atoms with E-state index in [0.717, 1.165) is 12.1 Å². The van der Waals surface area contributed by atoms with Gasteiger partial charge in [0.15, 0.2) is 0 Å². The molecule has 0 aromatic heterocycles. The van der Waals surface area contributed by atoms with E-state index in [2.05, 4.69) is 11.6 Å². The van der Waals surface area contributed by atoms with Gasteiger partial charge >= 0.3 is 5.97 Å². The van der Waals surface area contributed by atoms with E-state index in [-0.39, 0.29) is 5.97 Å². The summed E-state index contributed by atoms with van der Waals surface area (Å²) < 4.78 is 5.13. The van der Waals surface area contributed by atoms with Crippen molar-refractivity contribution >= 4 is 29.1 Å². The molecule has 1 aliphatic carbocycles. The first-order chi connectivity index (χ1) is 10.2. The van der Waals surface area contributed by atoms with Crippen LogP contribution in [0, 0.1) is 0 Å². The van der Waals surface area contributed by atoms with Crippen LogP contribution < -0.4 is 11.1 Å². The number of nitrogens with two attached hydrogens (primary N) is 1. The van der Waals surface area contributed by atoms with Crippen LogP contribution in [-0.4, -0.2) is 30.1 Å². The van der Waals surface area contributed by atoms with Crippen LogP contribution >= 0.6 is 11.8 Å². The van der Waals surface area contributed by atoms with Crippen molar-refractivity contribution in [2.45, 2.75) is 43.9 Å². The van der Waals surface area contributed by atoms with Crippen LogP contribution in [0.1, 0.15) is 43.0 Å². The molecule has 0 aliphatic heterocycles. The van der Waals surface area contributed by atoms with E-state index >= 15 is 0 Å². The maximum atomic E-state index is 12.1. The number of carbonyl (C=O) groups is 1. The molecule has 4 nitrogen and oxygen atoms in total. The Morgan fingerprint density at radius 1 is 1.43 bits per heavy atom. The molecule has 2 atom stereocenters. The number of thioether (sulfide) groups is 1. The number of nitrogens with one attached hydrogen (secondary N) is 1. The molecular weight excluding hydrogens is 284 g/mol. The summed E-state index contributed by atoms with van der Waals surface area (Å²) in [6, 6.07) is 5.79. The number of hydrogen-bond acceptors (Lipinski definition) is 5. The maximum Gasteiger partial charge on any atom is 0.340 e. The monoisotopic (exact) mass is 308 g/mol. The standard InChI is InChI=1S/C16H24N2O2S/c1-3-20-16(19)12-10-11(17)8-9-13(12)18-14-6-4-5-7-15(14)21-2/h8-10,14-15,18H,3-7,17H2,1-2H3. The molecular formula is C16H24N2O2S. The largest absolute Gasteiger partial charge is 0.462 e. The van der Waals surface area contributed by atoms with E-state index in [1.54, 1.807) is 6.07 Å². The summed E-state index contributed by atoms with van der Waals surface area (Å²) in [6.45, 7) is 2.17. The predicted molar refractivity (Wildman–Crippen MR) is 90.0 cm³/mol. The number of nitrogen functional groups attached to an aromatic ring is 1. The molecule has 3 N–H and O–H groups in total. The highest BCUT2D eigenvalue weighted by atomic mass is 32.2. The molecule has 0 spiro atoms. The van der Waals surface area contributed by atoms with Crippen LogP contribution in [0.3, 0.4) is 0 Å². The second kappa shape index (κ2) is 7.59. The van der Waals surface area contributed by atoms with Gasteiger partial charge in [0.1, 0.15) is 0 Å². The summed E-state index contributed by atoms with van der Waals surface area (Å²) in [5.41, 5.74) is 7.74. The molecule has 1 aromatic carbocycles. The van der Waals surface area contributed by atoms with Crippen LogP contribution in [0.5, 0.6) is 0 Å². The second-order valence-corrected chi connectivity index (χ2v) is 6.41. The van der Waals surface area contributed by atoms with Crippen LogP contribution in [0.2, 0.25) is 0 Å². The number of hydrogen-bond donors (Lipinski definition) is 2.